The van der Waals surface area contributed by atoms with Gasteiger partial charge in [-0.2, -0.15) is 0 Å². The van der Waals surface area contributed by atoms with Gasteiger partial charge in [0.25, 0.3) is 0 Å². The van der Waals surface area contributed by atoms with Crippen molar-refractivity contribution in [1.82, 2.24) is 0 Å². The van der Waals surface area contributed by atoms with E-state index in [1.54, 1.807) is 19.2 Å². The molecule has 2 rings (SSSR count). The number of nitrogens with two attached hydrogens (primary N) is 1. The topological polar surface area (TPSA) is 38.5 Å². The SMILES string of the molecule is COc1ccc(N(C)c2cccc(F)c2N)cc1Br. The van der Waals surface area contributed by atoms with E-state index in [0.717, 1.165) is 15.9 Å². The number of halogens is 2. The molecule has 2 aromatic carbocycles. The summed E-state index contributed by atoms with van der Waals surface area (Å²) in [5.74, 6) is 0.321. The third-order valence-corrected chi connectivity index (χ3v) is 3.53. The maximum absolute atomic E-state index is 13.5. The fourth-order valence-electron chi connectivity index (χ4n) is 1.82. The molecule has 0 aliphatic heterocycles. The second kappa shape index (κ2) is 5.48. The second-order valence-corrected chi connectivity index (χ2v) is 4.90. The van der Waals surface area contributed by atoms with Crippen LogP contribution in [0.1, 0.15) is 0 Å². The molecular weight excluding hydrogens is 311 g/mol. The molecule has 19 heavy (non-hydrogen) atoms. The first kappa shape index (κ1) is 13.7. The largest absolute Gasteiger partial charge is 0.496 e. The average Bonchev–Trinajstić information content (AvgIpc) is 2.41. The lowest BCUT2D eigenvalue weighted by atomic mass is 10.2. The quantitative estimate of drug-likeness (QED) is 0.869. The Morgan fingerprint density at radius 2 is 2.00 bits per heavy atom. The lowest BCUT2D eigenvalue weighted by Gasteiger charge is -2.22. The standard InChI is InChI=1S/C14H14BrFN2O/c1-18(12-5-3-4-11(16)14(12)17)9-6-7-13(19-2)10(15)8-9/h3-8H,17H2,1-2H3. The van der Waals surface area contributed by atoms with Crippen LogP contribution in [0.5, 0.6) is 5.75 Å². The third-order valence-electron chi connectivity index (χ3n) is 2.91. The van der Waals surface area contributed by atoms with Crippen molar-refractivity contribution in [2.45, 2.75) is 0 Å². The number of anilines is 3. The fourth-order valence-corrected chi connectivity index (χ4v) is 2.35. The Hall–Kier alpha value is -1.75. The summed E-state index contributed by atoms with van der Waals surface area (Å²) in [6, 6.07) is 10.4. The highest BCUT2D eigenvalue weighted by Gasteiger charge is 2.12. The van der Waals surface area contributed by atoms with E-state index in [-0.39, 0.29) is 5.69 Å². The molecule has 0 atom stereocenters. The van der Waals surface area contributed by atoms with Gasteiger partial charge in [0.2, 0.25) is 0 Å². The third kappa shape index (κ3) is 2.66. The predicted octanol–water partition coefficient (Wildman–Crippen LogP) is 3.95. The molecule has 2 N–H and O–H groups in total. The van der Waals surface area contributed by atoms with E-state index < -0.39 is 5.82 Å². The number of hydrogen-bond donors (Lipinski definition) is 1. The van der Waals surface area contributed by atoms with Gasteiger partial charge in [0.05, 0.1) is 23.0 Å². The summed E-state index contributed by atoms with van der Waals surface area (Å²) in [5.41, 5.74) is 7.40. The van der Waals surface area contributed by atoms with Gasteiger partial charge in [-0.25, -0.2) is 4.39 Å². The Bertz CT molecular complexity index is 604. The molecule has 2 aromatic rings. The molecular formula is C14H14BrFN2O. The van der Waals surface area contributed by atoms with Crippen molar-refractivity contribution >= 4 is 33.0 Å². The molecule has 0 unspecified atom stereocenters. The first-order valence-corrected chi connectivity index (χ1v) is 6.45. The van der Waals surface area contributed by atoms with Gasteiger partial charge in [0, 0.05) is 12.7 Å². The Labute approximate surface area is 119 Å². The minimum absolute atomic E-state index is 0.136. The van der Waals surface area contributed by atoms with Crippen LogP contribution in [0.15, 0.2) is 40.9 Å². The Kier molecular flexibility index (Phi) is 3.95. The van der Waals surface area contributed by atoms with E-state index >= 15 is 0 Å². The number of nitrogen functional groups attached to an aromatic ring is 1. The average molecular weight is 325 g/mol. The predicted molar refractivity (Wildman–Crippen MR) is 79.6 cm³/mol. The van der Waals surface area contributed by atoms with Crippen LogP contribution in [0.4, 0.5) is 21.5 Å². The maximum Gasteiger partial charge on any atom is 0.148 e. The van der Waals surface area contributed by atoms with Crippen LogP contribution in [-0.4, -0.2) is 14.2 Å². The van der Waals surface area contributed by atoms with Crippen LogP contribution in [0.2, 0.25) is 0 Å². The number of para-hydroxylation sites is 1. The van der Waals surface area contributed by atoms with E-state index in [1.165, 1.54) is 6.07 Å². The van der Waals surface area contributed by atoms with Gasteiger partial charge >= 0.3 is 0 Å². The molecule has 5 heteroatoms. The van der Waals surface area contributed by atoms with E-state index in [0.29, 0.717) is 5.69 Å². The van der Waals surface area contributed by atoms with Crippen molar-refractivity contribution in [2.24, 2.45) is 0 Å². The molecule has 3 nitrogen and oxygen atoms in total. The van der Waals surface area contributed by atoms with Crippen molar-refractivity contribution in [1.29, 1.82) is 0 Å². The molecule has 0 saturated carbocycles. The van der Waals surface area contributed by atoms with Crippen molar-refractivity contribution in [3.05, 3.63) is 46.7 Å². The minimum atomic E-state index is -0.420. The van der Waals surface area contributed by atoms with Crippen molar-refractivity contribution < 1.29 is 9.13 Å². The zero-order valence-electron chi connectivity index (χ0n) is 10.7. The van der Waals surface area contributed by atoms with Gasteiger partial charge < -0.3 is 15.4 Å². The highest BCUT2D eigenvalue weighted by atomic mass is 79.9. The molecule has 0 radical (unpaired) electrons. The molecule has 0 bridgehead atoms. The molecule has 0 fully saturated rings. The molecule has 0 aromatic heterocycles. The van der Waals surface area contributed by atoms with Crippen LogP contribution < -0.4 is 15.4 Å². The monoisotopic (exact) mass is 324 g/mol. The summed E-state index contributed by atoms with van der Waals surface area (Å²) in [4.78, 5) is 1.82. The molecule has 0 spiro atoms. The highest BCUT2D eigenvalue weighted by molar-refractivity contribution is 9.10. The summed E-state index contributed by atoms with van der Waals surface area (Å²) in [5, 5.41) is 0. The van der Waals surface area contributed by atoms with E-state index in [1.807, 2.05) is 30.1 Å². The summed E-state index contributed by atoms with van der Waals surface area (Å²) >= 11 is 3.42. The lowest BCUT2D eigenvalue weighted by Crippen LogP contribution is -2.12. The number of ether oxygens (including phenoxy) is 1. The van der Waals surface area contributed by atoms with Gasteiger partial charge in [-0.05, 0) is 46.3 Å². The molecule has 100 valence electrons. The Morgan fingerprint density at radius 1 is 1.26 bits per heavy atom. The number of hydrogen-bond acceptors (Lipinski definition) is 3. The van der Waals surface area contributed by atoms with Crippen molar-refractivity contribution in [3.63, 3.8) is 0 Å². The van der Waals surface area contributed by atoms with Gasteiger partial charge in [0.15, 0.2) is 0 Å². The molecule has 0 amide bonds. The summed E-state index contributed by atoms with van der Waals surface area (Å²) < 4.78 is 19.5. The Morgan fingerprint density at radius 3 is 2.63 bits per heavy atom. The highest BCUT2D eigenvalue weighted by Crippen LogP contribution is 2.34. The zero-order valence-corrected chi connectivity index (χ0v) is 12.2. The van der Waals surface area contributed by atoms with Crippen LogP contribution >= 0.6 is 15.9 Å². The van der Waals surface area contributed by atoms with Crippen LogP contribution in [0.3, 0.4) is 0 Å². The van der Waals surface area contributed by atoms with Crippen molar-refractivity contribution in [2.75, 3.05) is 24.8 Å². The van der Waals surface area contributed by atoms with Gasteiger partial charge in [-0.1, -0.05) is 6.07 Å². The van der Waals surface area contributed by atoms with E-state index in [2.05, 4.69) is 15.9 Å². The van der Waals surface area contributed by atoms with Crippen LogP contribution in [0.25, 0.3) is 0 Å². The van der Waals surface area contributed by atoms with E-state index in [9.17, 15) is 4.39 Å². The smallest absolute Gasteiger partial charge is 0.148 e. The molecule has 0 aliphatic carbocycles. The molecule has 0 saturated heterocycles. The minimum Gasteiger partial charge on any atom is -0.496 e. The summed E-state index contributed by atoms with van der Waals surface area (Å²) in [6.45, 7) is 0. The molecule has 0 heterocycles. The van der Waals surface area contributed by atoms with Crippen LogP contribution in [0, 0.1) is 5.82 Å². The van der Waals surface area contributed by atoms with Gasteiger partial charge in [0.1, 0.15) is 11.6 Å². The fraction of sp³-hybridized carbons (Fsp3) is 0.143. The lowest BCUT2D eigenvalue weighted by molar-refractivity contribution is 0.412. The van der Waals surface area contributed by atoms with Gasteiger partial charge in [-0.3, -0.25) is 0 Å². The second-order valence-electron chi connectivity index (χ2n) is 4.05. The zero-order chi connectivity index (χ0) is 14.0. The normalized spacial score (nSPS) is 10.3. The first-order valence-electron chi connectivity index (χ1n) is 5.66. The number of methoxy groups -OCH3 is 1. The Balaban J connectivity index is 2.41. The summed E-state index contributed by atoms with van der Waals surface area (Å²) in [6.07, 6.45) is 0. The van der Waals surface area contributed by atoms with Gasteiger partial charge in [-0.15, -0.1) is 0 Å². The van der Waals surface area contributed by atoms with Crippen LogP contribution in [-0.2, 0) is 0 Å². The summed E-state index contributed by atoms with van der Waals surface area (Å²) in [7, 11) is 3.44. The number of nitrogens with zero attached hydrogens (tertiary/aromatic N) is 1. The number of benzene rings is 2. The van der Waals surface area contributed by atoms with E-state index in [4.69, 9.17) is 10.5 Å². The molecule has 0 aliphatic rings. The first-order chi connectivity index (χ1) is 9.04. The number of rotatable bonds is 3. The maximum atomic E-state index is 13.5. The van der Waals surface area contributed by atoms with Crippen molar-refractivity contribution in [3.8, 4) is 5.75 Å².